The molecule has 25 heavy (non-hydrogen) atoms. The molecule has 1 atom stereocenters. The molecule has 2 rings (SSSR count). The lowest BCUT2D eigenvalue weighted by Crippen LogP contribution is -2.41. The van der Waals surface area contributed by atoms with E-state index in [1.165, 1.54) is 6.07 Å². The van der Waals surface area contributed by atoms with Gasteiger partial charge in [0.2, 0.25) is 10.0 Å². The van der Waals surface area contributed by atoms with Gasteiger partial charge in [0.25, 0.3) is 0 Å². The normalized spacial score (nSPS) is 12.9. The molecule has 136 valence electrons. The van der Waals surface area contributed by atoms with Gasteiger partial charge in [-0.15, -0.1) is 0 Å². The molecule has 2 aromatic carbocycles. The molecule has 0 heterocycles. The summed E-state index contributed by atoms with van der Waals surface area (Å²) >= 11 is 0. The highest BCUT2D eigenvalue weighted by atomic mass is 32.2. The number of anilines is 1. The number of nitrogens with zero attached hydrogens (tertiary/aromatic N) is 1. The van der Waals surface area contributed by atoms with Gasteiger partial charge in [-0.2, -0.15) is 4.72 Å². The predicted molar refractivity (Wildman–Crippen MR) is 98.3 cm³/mol. The third-order valence-corrected chi connectivity index (χ3v) is 5.45. The summed E-state index contributed by atoms with van der Waals surface area (Å²) in [4.78, 5) is 13.3. The van der Waals surface area contributed by atoms with Crippen molar-refractivity contribution in [3.05, 3.63) is 36.4 Å². The minimum atomic E-state index is -3.99. The Bertz CT molecular complexity index is 865. The second-order valence-electron chi connectivity index (χ2n) is 5.97. The Balaban J connectivity index is 2.49. The highest BCUT2D eigenvalue weighted by Gasteiger charge is 2.26. The van der Waals surface area contributed by atoms with Crippen molar-refractivity contribution < 1.29 is 18.3 Å². The molecular formula is C17H23N3O4S. The van der Waals surface area contributed by atoms with Gasteiger partial charge in [0.15, 0.2) is 0 Å². The minimum Gasteiger partial charge on any atom is -0.480 e. The summed E-state index contributed by atoms with van der Waals surface area (Å²) < 4.78 is 27.9. The van der Waals surface area contributed by atoms with Gasteiger partial charge in [0.05, 0.1) is 4.90 Å². The molecule has 2 aromatic rings. The number of nitrogens with two attached hydrogens (primary N) is 1. The van der Waals surface area contributed by atoms with E-state index in [1.54, 1.807) is 18.2 Å². The van der Waals surface area contributed by atoms with Crippen LogP contribution < -0.4 is 15.4 Å². The molecule has 0 aliphatic heterocycles. The molecule has 0 aromatic heterocycles. The van der Waals surface area contributed by atoms with Crippen molar-refractivity contribution in [3.63, 3.8) is 0 Å². The average Bonchev–Trinajstić information content (AvgIpc) is 2.57. The molecule has 7 nitrogen and oxygen atoms in total. The van der Waals surface area contributed by atoms with Crippen molar-refractivity contribution in [3.8, 4) is 0 Å². The number of aliphatic carboxylic acids is 1. The molecule has 0 fully saturated rings. The number of carboxylic acid groups (broad SMARTS) is 1. The Hall–Kier alpha value is -2.16. The first kappa shape index (κ1) is 19.2. The first-order chi connectivity index (χ1) is 11.8. The van der Waals surface area contributed by atoms with Gasteiger partial charge in [0, 0.05) is 30.6 Å². The Kier molecular flexibility index (Phi) is 5.99. The van der Waals surface area contributed by atoms with E-state index in [9.17, 15) is 18.3 Å². The molecule has 8 heteroatoms. The highest BCUT2D eigenvalue weighted by molar-refractivity contribution is 7.89. The van der Waals surface area contributed by atoms with Crippen molar-refractivity contribution in [2.45, 2.75) is 23.8 Å². The molecule has 0 radical (unpaired) electrons. The fourth-order valence-corrected chi connectivity index (χ4v) is 4.14. The van der Waals surface area contributed by atoms with E-state index < -0.39 is 22.0 Å². The number of carboxylic acids is 1. The molecule has 0 saturated carbocycles. The van der Waals surface area contributed by atoms with Crippen LogP contribution in [-0.2, 0) is 14.8 Å². The number of fused-ring (bicyclic) bond motifs is 1. The van der Waals surface area contributed by atoms with Crippen molar-refractivity contribution in [2.75, 3.05) is 25.5 Å². The smallest absolute Gasteiger partial charge is 0.321 e. The van der Waals surface area contributed by atoms with E-state index in [0.29, 0.717) is 18.4 Å². The van der Waals surface area contributed by atoms with Crippen LogP contribution in [0.1, 0.15) is 12.8 Å². The summed E-state index contributed by atoms with van der Waals surface area (Å²) in [6.07, 6.45) is 0.554. The average molecular weight is 365 g/mol. The summed E-state index contributed by atoms with van der Waals surface area (Å²) in [5.74, 6) is -1.22. The van der Waals surface area contributed by atoms with Crippen LogP contribution in [0.3, 0.4) is 0 Å². The maximum absolute atomic E-state index is 12.8. The Morgan fingerprint density at radius 1 is 1.20 bits per heavy atom. The molecule has 0 aliphatic rings. The summed E-state index contributed by atoms with van der Waals surface area (Å²) in [7, 11) is -0.241. The largest absolute Gasteiger partial charge is 0.480 e. The van der Waals surface area contributed by atoms with E-state index in [4.69, 9.17) is 5.73 Å². The van der Waals surface area contributed by atoms with Gasteiger partial charge in [-0.1, -0.05) is 24.3 Å². The van der Waals surface area contributed by atoms with Gasteiger partial charge in [0.1, 0.15) is 6.04 Å². The van der Waals surface area contributed by atoms with Gasteiger partial charge in [-0.25, -0.2) is 8.42 Å². The maximum Gasteiger partial charge on any atom is 0.321 e. The Morgan fingerprint density at radius 3 is 2.44 bits per heavy atom. The summed E-state index contributed by atoms with van der Waals surface area (Å²) in [6, 6.07) is 9.15. The minimum absolute atomic E-state index is 0.0627. The zero-order chi connectivity index (χ0) is 18.6. The first-order valence-electron chi connectivity index (χ1n) is 7.92. The van der Waals surface area contributed by atoms with E-state index in [1.807, 2.05) is 31.1 Å². The molecule has 4 N–H and O–H groups in total. The maximum atomic E-state index is 12.8. The van der Waals surface area contributed by atoms with Gasteiger partial charge < -0.3 is 15.7 Å². The van der Waals surface area contributed by atoms with Crippen LogP contribution in [0.4, 0.5) is 5.69 Å². The summed E-state index contributed by atoms with van der Waals surface area (Å²) in [5, 5.41) is 10.6. The van der Waals surface area contributed by atoms with Gasteiger partial charge >= 0.3 is 5.97 Å². The summed E-state index contributed by atoms with van der Waals surface area (Å²) in [6.45, 7) is 0.298. The van der Waals surface area contributed by atoms with Crippen molar-refractivity contribution in [1.29, 1.82) is 0 Å². The quantitative estimate of drug-likeness (QED) is 0.651. The molecule has 0 amide bonds. The topological polar surface area (TPSA) is 113 Å². The lowest BCUT2D eigenvalue weighted by Gasteiger charge is -2.18. The van der Waals surface area contributed by atoms with Crippen molar-refractivity contribution >= 4 is 32.5 Å². The highest BCUT2D eigenvalue weighted by Crippen LogP contribution is 2.30. The number of benzene rings is 2. The molecule has 0 bridgehead atoms. The third-order valence-electron chi connectivity index (χ3n) is 3.92. The third kappa shape index (κ3) is 4.28. The van der Waals surface area contributed by atoms with Crippen LogP contribution in [0.5, 0.6) is 0 Å². The predicted octanol–water partition coefficient (Wildman–Crippen LogP) is 1.38. The standard InChI is InChI=1S/C17H23N3O4S/c1-20(2)15-9-3-7-13-12(15)6-4-10-16(13)25(23,24)19-14(17(21)22)8-5-11-18/h3-4,6-7,9-10,14,19H,5,8,11,18H2,1-2H3,(H,21,22)/t14-/m0/s1. The van der Waals surface area contributed by atoms with Crippen LogP contribution in [0.2, 0.25) is 0 Å². The Labute approximate surface area is 147 Å². The number of carbonyl (C=O) groups is 1. The fraction of sp³-hybridized carbons (Fsp3) is 0.353. The van der Waals surface area contributed by atoms with Crippen LogP contribution in [0.15, 0.2) is 41.3 Å². The second-order valence-corrected chi connectivity index (χ2v) is 7.65. The van der Waals surface area contributed by atoms with E-state index in [0.717, 1.165) is 11.1 Å². The number of sulfonamides is 1. The number of hydrogen-bond donors (Lipinski definition) is 3. The monoisotopic (exact) mass is 365 g/mol. The number of hydrogen-bond acceptors (Lipinski definition) is 5. The SMILES string of the molecule is CN(C)c1cccc2c(S(=O)(=O)N[C@@H](CCCN)C(=O)O)cccc12. The molecule has 0 saturated heterocycles. The molecule has 0 aliphatic carbocycles. The van der Waals surface area contributed by atoms with Crippen LogP contribution >= 0.6 is 0 Å². The molecule has 0 spiro atoms. The zero-order valence-electron chi connectivity index (χ0n) is 14.3. The van der Waals surface area contributed by atoms with Gasteiger partial charge in [-0.3, -0.25) is 4.79 Å². The van der Waals surface area contributed by atoms with E-state index in [2.05, 4.69) is 4.72 Å². The zero-order valence-corrected chi connectivity index (χ0v) is 15.1. The fourth-order valence-electron chi connectivity index (χ4n) is 2.69. The summed E-state index contributed by atoms with van der Waals surface area (Å²) in [5.41, 5.74) is 6.28. The number of nitrogens with one attached hydrogen (secondary N) is 1. The van der Waals surface area contributed by atoms with Crippen LogP contribution in [0, 0.1) is 0 Å². The molecule has 0 unspecified atom stereocenters. The van der Waals surface area contributed by atoms with E-state index in [-0.39, 0.29) is 11.3 Å². The van der Waals surface area contributed by atoms with E-state index >= 15 is 0 Å². The van der Waals surface area contributed by atoms with Crippen LogP contribution in [-0.4, -0.2) is 46.2 Å². The van der Waals surface area contributed by atoms with Gasteiger partial charge in [-0.05, 0) is 31.5 Å². The van der Waals surface area contributed by atoms with Crippen molar-refractivity contribution in [2.24, 2.45) is 5.73 Å². The van der Waals surface area contributed by atoms with Crippen molar-refractivity contribution in [1.82, 2.24) is 4.72 Å². The Morgan fingerprint density at radius 2 is 1.84 bits per heavy atom. The first-order valence-corrected chi connectivity index (χ1v) is 9.40. The number of rotatable bonds is 8. The lowest BCUT2D eigenvalue weighted by molar-refractivity contribution is -0.139. The molecular weight excluding hydrogens is 342 g/mol. The lowest BCUT2D eigenvalue weighted by atomic mass is 10.1. The van der Waals surface area contributed by atoms with Crippen LogP contribution in [0.25, 0.3) is 10.8 Å². The second kappa shape index (κ2) is 7.81.